The average molecular weight is 420 g/mol. The lowest BCUT2D eigenvalue weighted by Gasteiger charge is -2.11. The van der Waals surface area contributed by atoms with Gasteiger partial charge in [-0.15, -0.1) is 0 Å². The quantitative estimate of drug-likeness (QED) is 0.446. The van der Waals surface area contributed by atoms with Gasteiger partial charge in [0, 0.05) is 25.4 Å². The van der Waals surface area contributed by atoms with Crippen molar-refractivity contribution in [2.24, 2.45) is 5.92 Å². The summed E-state index contributed by atoms with van der Waals surface area (Å²) in [4.78, 5) is 16.7. The van der Waals surface area contributed by atoms with E-state index < -0.39 is 0 Å². The van der Waals surface area contributed by atoms with Crippen LogP contribution < -0.4 is 10.1 Å². The first-order valence-corrected chi connectivity index (χ1v) is 11.5. The van der Waals surface area contributed by atoms with Crippen molar-refractivity contribution in [1.82, 2.24) is 14.9 Å². The molecule has 0 atom stereocenters. The van der Waals surface area contributed by atoms with Crippen molar-refractivity contribution in [2.45, 2.75) is 58.9 Å². The van der Waals surface area contributed by atoms with Crippen LogP contribution in [0.2, 0.25) is 0 Å². The molecule has 5 heteroatoms. The Hall–Kier alpha value is -2.82. The maximum atomic E-state index is 11.8. The van der Waals surface area contributed by atoms with E-state index in [4.69, 9.17) is 9.72 Å². The summed E-state index contributed by atoms with van der Waals surface area (Å²) in [6.07, 6.45) is 5.92. The maximum Gasteiger partial charge on any atom is 0.223 e. The number of carbonyl (C=O) groups excluding carboxylic acids is 1. The van der Waals surface area contributed by atoms with E-state index in [9.17, 15) is 4.79 Å². The Bertz CT molecular complexity index is 1020. The van der Waals surface area contributed by atoms with Crippen molar-refractivity contribution in [3.63, 3.8) is 0 Å². The molecule has 0 aliphatic heterocycles. The van der Waals surface area contributed by atoms with E-state index in [1.807, 2.05) is 6.07 Å². The van der Waals surface area contributed by atoms with Crippen LogP contribution in [0.25, 0.3) is 11.0 Å². The van der Waals surface area contributed by atoms with E-state index in [-0.39, 0.29) is 11.8 Å². The number of para-hydroxylation sites is 2. The summed E-state index contributed by atoms with van der Waals surface area (Å²) in [6, 6.07) is 14.7. The second-order valence-corrected chi connectivity index (χ2v) is 8.72. The zero-order chi connectivity index (χ0) is 21.6. The van der Waals surface area contributed by atoms with Gasteiger partial charge in [0.1, 0.15) is 11.6 Å². The van der Waals surface area contributed by atoms with Gasteiger partial charge in [0.05, 0.1) is 17.6 Å². The Morgan fingerprint density at radius 3 is 2.65 bits per heavy atom. The molecule has 31 heavy (non-hydrogen) atoms. The van der Waals surface area contributed by atoms with Gasteiger partial charge in [-0.05, 0) is 81.3 Å². The van der Waals surface area contributed by atoms with E-state index in [2.05, 4.69) is 60.1 Å². The second kappa shape index (κ2) is 9.99. The first-order chi connectivity index (χ1) is 15.1. The number of hydrogen-bond acceptors (Lipinski definition) is 3. The molecule has 1 aliphatic rings. The highest BCUT2D eigenvalue weighted by Gasteiger charge is 2.29. The second-order valence-electron chi connectivity index (χ2n) is 8.72. The molecule has 1 aliphatic carbocycles. The summed E-state index contributed by atoms with van der Waals surface area (Å²) in [5.74, 6) is 2.56. The Balaban J connectivity index is 1.29. The lowest BCUT2D eigenvalue weighted by molar-refractivity contribution is -0.122. The average Bonchev–Trinajstić information content (AvgIpc) is 3.53. The van der Waals surface area contributed by atoms with Gasteiger partial charge < -0.3 is 14.6 Å². The van der Waals surface area contributed by atoms with Crippen LogP contribution in [0.15, 0.2) is 42.5 Å². The van der Waals surface area contributed by atoms with Crippen LogP contribution in [0.4, 0.5) is 0 Å². The molecule has 2 aromatic carbocycles. The summed E-state index contributed by atoms with van der Waals surface area (Å²) < 4.78 is 8.31. The number of amides is 1. The summed E-state index contributed by atoms with van der Waals surface area (Å²) in [5.41, 5.74) is 4.71. The fourth-order valence-corrected chi connectivity index (χ4v) is 4.09. The summed E-state index contributed by atoms with van der Waals surface area (Å²) in [5, 5.41) is 3.06. The Kier molecular flexibility index (Phi) is 6.90. The third-order valence-corrected chi connectivity index (χ3v) is 5.80. The van der Waals surface area contributed by atoms with Gasteiger partial charge in [-0.2, -0.15) is 0 Å². The number of carbonyl (C=O) groups is 1. The van der Waals surface area contributed by atoms with Crippen molar-refractivity contribution < 1.29 is 9.53 Å². The predicted molar refractivity (Wildman–Crippen MR) is 124 cm³/mol. The molecular weight excluding hydrogens is 386 g/mol. The molecule has 1 aromatic heterocycles. The molecule has 1 N–H and O–H groups in total. The van der Waals surface area contributed by atoms with E-state index in [0.717, 1.165) is 75.3 Å². The third kappa shape index (κ3) is 5.87. The lowest BCUT2D eigenvalue weighted by Crippen LogP contribution is -2.26. The molecule has 1 heterocycles. The number of unbranched alkanes of at least 4 members (excludes halogenated alkanes) is 1. The molecule has 0 unspecified atom stereocenters. The molecule has 1 fully saturated rings. The number of aromatic nitrogens is 2. The molecule has 0 saturated heterocycles. The molecule has 1 amide bonds. The van der Waals surface area contributed by atoms with Crippen molar-refractivity contribution in [2.75, 3.05) is 13.2 Å². The monoisotopic (exact) mass is 419 g/mol. The molecule has 5 nitrogen and oxygen atoms in total. The number of aryl methyl sites for hydroxylation is 4. The molecule has 0 spiro atoms. The van der Waals surface area contributed by atoms with E-state index >= 15 is 0 Å². The van der Waals surface area contributed by atoms with Crippen LogP contribution in [0.1, 0.15) is 49.1 Å². The van der Waals surface area contributed by atoms with Crippen molar-refractivity contribution in [1.29, 1.82) is 0 Å². The Morgan fingerprint density at radius 1 is 1.10 bits per heavy atom. The molecular formula is C26H33N3O2. The fraction of sp³-hybridized carbons (Fsp3) is 0.462. The molecule has 0 radical (unpaired) electrons. The fourth-order valence-electron chi connectivity index (χ4n) is 4.09. The Morgan fingerprint density at radius 2 is 1.87 bits per heavy atom. The molecule has 0 bridgehead atoms. The maximum absolute atomic E-state index is 11.8. The van der Waals surface area contributed by atoms with Crippen molar-refractivity contribution >= 4 is 16.9 Å². The van der Waals surface area contributed by atoms with Crippen LogP contribution in [0, 0.1) is 19.8 Å². The van der Waals surface area contributed by atoms with Gasteiger partial charge in [0.2, 0.25) is 5.91 Å². The zero-order valence-corrected chi connectivity index (χ0v) is 18.7. The van der Waals surface area contributed by atoms with Crippen LogP contribution in [-0.4, -0.2) is 28.6 Å². The number of benzene rings is 2. The molecule has 3 aromatic rings. The number of nitrogens with one attached hydrogen (secondary N) is 1. The predicted octanol–water partition coefficient (Wildman–Crippen LogP) is 4.97. The third-order valence-electron chi connectivity index (χ3n) is 5.80. The summed E-state index contributed by atoms with van der Waals surface area (Å²) in [6.45, 7) is 6.58. The highest BCUT2D eigenvalue weighted by molar-refractivity contribution is 5.80. The summed E-state index contributed by atoms with van der Waals surface area (Å²) in [7, 11) is 0. The number of hydrogen-bond donors (Lipinski definition) is 1. The highest BCUT2D eigenvalue weighted by Crippen LogP contribution is 2.28. The Labute approximate surface area is 184 Å². The van der Waals surface area contributed by atoms with Crippen molar-refractivity contribution in [3.05, 3.63) is 59.4 Å². The standard InChI is InChI=1S/C26H33N3O2/c1-19-16-20(2)18-22(17-19)31-15-6-5-14-29-24-9-4-3-8-23(24)28-25(29)10-7-13-27-26(30)21-11-12-21/h3-4,8-9,16-18,21H,5-7,10-15H2,1-2H3,(H,27,30). The first kappa shape index (κ1) is 21.4. The first-order valence-electron chi connectivity index (χ1n) is 11.5. The largest absolute Gasteiger partial charge is 0.494 e. The van der Waals surface area contributed by atoms with Gasteiger partial charge in [-0.1, -0.05) is 18.2 Å². The number of imidazole rings is 1. The number of fused-ring (bicyclic) bond motifs is 1. The van der Waals surface area contributed by atoms with E-state index in [1.165, 1.54) is 16.6 Å². The smallest absolute Gasteiger partial charge is 0.223 e. The number of rotatable bonds is 11. The molecule has 4 rings (SSSR count). The van der Waals surface area contributed by atoms with Crippen LogP contribution in [0.5, 0.6) is 5.75 Å². The highest BCUT2D eigenvalue weighted by atomic mass is 16.5. The van der Waals surface area contributed by atoms with Crippen LogP contribution in [0.3, 0.4) is 0 Å². The minimum absolute atomic E-state index is 0.220. The minimum atomic E-state index is 0.220. The van der Waals surface area contributed by atoms with Gasteiger partial charge in [0.25, 0.3) is 0 Å². The van der Waals surface area contributed by atoms with Crippen LogP contribution in [-0.2, 0) is 17.8 Å². The van der Waals surface area contributed by atoms with Crippen molar-refractivity contribution in [3.8, 4) is 5.75 Å². The van der Waals surface area contributed by atoms with E-state index in [1.54, 1.807) is 0 Å². The number of nitrogens with zero attached hydrogens (tertiary/aromatic N) is 2. The lowest BCUT2D eigenvalue weighted by atomic mass is 10.1. The van der Waals surface area contributed by atoms with Gasteiger partial charge in [0.15, 0.2) is 0 Å². The van der Waals surface area contributed by atoms with Gasteiger partial charge in [-0.25, -0.2) is 4.98 Å². The van der Waals surface area contributed by atoms with E-state index in [0.29, 0.717) is 0 Å². The summed E-state index contributed by atoms with van der Waals surface area (Å²) >= 11 is 0. The topological polar surface area (TPSA) is 56.1 Å². The molecule has 1 saturated carbocycles. The SMILES string of the molecule is Cc1cc(C)cc(OCCCCn2c(CCCNC(=O)C3CC3)nc3ccccc32)c1. The minimum Gasteiger partial charge on any atom is -0.494 e. The zero-order valence-electron chi connectivity index (χ0n) is 18.7. The van der Waals surface area contributed by atoms with Gasteiger partial charge in [-0.3, -0.25) is 4.79 Å². The van der Waals surface area contributed by atoms with Gasteiger partial charge >= 0.3 is 0 Å². The molecule has 164 valence electrons. The number of ether oxygens (including phenoxy) is 1. The normalized spacial score (nSPS) is 13.5. The van der Waals surface area contributed by atoms with Crippen LogP contribution >= 0.6 is 0 Å².